The van der Waals surface area contributed by atoms with Crippen LogP contribution in [0.1, 0.15) is 31.9 Å². The number of aromatic nitrogens is 1. The maximum absolute atomic E-state index is 14.5. The first-order chi connectivity index (χ1) is 10.2. The SMILES string of the molecule is CC1(C)C(c2nccc(I)c2F)C(C(=O)O)CCN1C(=O)O. The molecule has 0 bridgehead atoms. The summed E-state index contributed by atoms with van der Waals surface area (Å²) >= 11 is 1.81. The molecule has 8 heteroatoms. The van der Waals surface area contributed by atoms with E-state index in [0.29, 0.717) is 3.57 Å². The summed E-state index contributed by atoms with van der Waals surface area (Å²) in [7, 11) is 0. The van der Waals surface area contributed by atoms with Gasteiger partial charge in [0.2, 0.25) is 0 Å². The van der Waals surface area contributed by atoms with Crippen LogP contribution in [0, 0.1) is 15.3 Å². The summed E-state index contributed by atoms with van der Waals surface area (Å²) in [6, 6.07) is 1.49. The van der Waals surface area contributed by atoms with E-state index in [4.69, 9.17) is 0 Å². The summed E-state index contributed by atoms with van der Waals surface area (Å²) in [6.07, 6.45) is 0.391. The molecule has 1 aromatic rings. The van der Waals surface area contributed by atoms with E-state index in [1.165, 1.54) is 12.3 Å². The fraction of sp³-hybridized carbons (Fsp3) is 0.500. The molecular formula is C14H16FIN2O4. The first-order valence-electron chi connectivity index (χ1n) is 6.71. The molecule has 1 amide bonds. The largest absolute Gasteiger partial charge is 0.481 e. The summed E-state index contributed by atoms with van der Waals surface area (Å²) in [6.45, 7) is 3.32. The molecule has 0 spiro atoms. The molecule has 6 nitrogen and oxygen atoms in total. The predicted molar refractivity (Wildman–Crippen MR) is 84.2 cm³/mol. The number of carbonyl (C=O) groups is 2. The highest BCUT2D eigenvalue weighted by atomic mass is 127. The zero-order valence-corrected chi connectivity index (χ0v) is 14.2. The Balaban J connectivity index is 2.60. The summed E-state index contributed by atoms with van der Waals surface area (Å²) in [5, 5.41) is 18.8. The second-order valence-corrected chi connectivity index (χ2v) is 6.95. The monoisotopic (exact) mass is 422 g/mol. The van der Waals surface area contributed by atoms with Gasteiger partial charge in [0.1, 0.15) is 0 Å². The molecule has 1 aliphatic heterocycles. The molecule has 22 heavy (non-hydrogen) atoms. The highest BCUT2D eigenvalue weighted by Crippen LogP contribution is 2.44. The Labute approximate surface area is 140 Å². The van der Waals surface area contributed by atoms with E-state index in [1.54, 1.807) is 13.8 Å². The van der Waals surface area contributed by atoms with E-state index in [0.717, 1.165) is 4.90 Å². The molecule has 0 aliphatic carbocycles. The minimum atomic E-state index is -1.15. The maximum atomic E-state index is 14.5. The fourth-order valence-corrected chi connectivity index (χ4v) is 3.61. The molecule has 1 saturated heterocycles. The number of amides is 1. The standard InChI is InChI=1S/C14H16FIN2O4/c1-14(2)9(11-10(15)8(16)3-5-17-11)7(12(19)20)4-6-18(14)13(21)22/h3,5,7,9H,4,6H2,1-2H3,(H,19,20)(H,21,22). The summed E-state index contributed by atoms with van der Waals surface area (Å²) in [5.41, 5.74) is -1.07. The van der Waals surface area contributed by atoms with Gasteiger partial charge in [-0.3, -0.25) is 9.78 Å². The van der Waals surface area contributed by atoms with E-state index in [9.17, 15) is 24.2 Å². The van der Waals surface area contributed by atoms with Crippen molar-refractivity contribution in [3.63, 3.8) is 0 Å². The van der Waals surface area contributed by atoms with Gasteiger partial charge < -0.3 is 15.1 Å². The van der Waals surface area contributed by atoms with Crippen molar-refractivity contribution in [2.45, 2.75) is 31.7 Å². The highest BCUT2D eigenvalue weighted by molar-refractivity contribution is 14.1. The number of rotatable bonds is 2. The van der Waals surface area contributed by atoms with Gasteiger partial charge in [-0.15, -0.1) is 0 Å². The van der Waals surface area contributed by atoms with Crippen LogP contribution in [-0.4, -0.2) is 44.2 Å². The Morgan fingerprint density at radius 1 is 1.45 bits per heavy atom. The van der Waals surface area contributed by atoms with Gasteiger partial charge in [0.05, 0.1) is 15.2 Å². The number of carboxylic acids is 1. The second-order valence-electron chi connectivity index (χ2n) is 5.79. The Bertz CT molecular complexity index is 623. The van der Waals surface area contributed by atoms with E-state index >= 15 is 0 Å². The molecule has 2 N–H and O–H groups in total. The first-order valence-corrected chi connectivity index (χ1v) is 7.79. The number of carboxylic acid groups (broad SMARTS) is 2. The Hall–Kier alpha value is -1.45. The smallest absolute Gasteiger partial charge is 0.407 e. The van der Waals surface area contributed by atoms with E-state index < -0.39 is 35.3 Å². The topological polar surface area (TPSA) is 90.7 Å². The minimum absolute atomic E-state index is 0.00949. The van der Waals surface area contributed by atoms with Gasteiger partial charge in [-0.2, -0.15) is 0 Å². The number of nitrogens with zero attached hydrogens (tertiary/aromatic N) is 2. The molecule has 2 rings (SSSR count). The van der Waals surface area contributed by atoms with Gasteiger partial charge in [0.25, 0.3) is 0 Å². The summed E-state index contributed by atoms with van der Waals surface area (Å²) < 4.78 is 14.8. The third-order valence-corrected chi connectivity index (χ3v) is 5.07. The van der Waals surface area contributed by atoms with E-state index in [-0.39, 0.29) is 18.7 Å². The fourth-order valence-electron chi connectivity index (χ4n) is 3.17. The average molecular weight is 422 g/mol. The van der Waals surface area contributed by atoms with Gasteiger partial charge in [0, 0.05) is 24.2 Å². The van der Waals surface area contributed by atoms with Crippen molar-refractivity contribution < 1.29 is 24.2 Å². The van der Waals surface area contributed by atoms with E-state index in [2.05, 4.69) is 4.98 Å². The number of likely N-dealkylation sites (tertiary alicyclic amines) is 1. The lowest BCUT2D eigenvalue weighted by atomic mass is 9.70. The van der Waals surface area contributed by atoms with Gasteiger partial charge in [-0.1, -0.05) is 0 Å². The summed E-state index contributed by atoms with van der Waals surface area (Å²) in [4.78, 5) is 28.2. The number of halogens is 2. The quantitative estimate of drug-likeness (QED) is 0.716. The van der Waals surface area contributed by atoms with Crippen LogP contribution in [0.5, 0.6) is 0 Å². The Morgan fingerprint density at radius 2 is 2.09 bits per heavy atom. The number of aliphatic carboxylic acids is 1. The first kappa shape index (κ1) is 16.9. The molecule has 0 aromatic carbocycles. The van der Waals surface area contributed by atoms with Crippen molar-refractivity contribution in [3.8, 4) is 0 Å². The van der Waals surface area contributed by atoms with Crippen molar-refractivity contribution >= 4 is 34.7 Å². The normalized spacial score (nSPS) is 24.1. The van der Waals surface area contributed by atoms with Crippen LogP contribution in [0.15, 0.2) is 12.3 Å². The predicted octanol–water partition coefficient (Wildman–Crippen LogP) is 2.77. The van der Waals surface area contributed by atoms with Crippen molar-refractivity contribution in [2.24, 2.45) is 5.92 Å². The van der Waals surface area contributed by atoms with Crippen molar-refractivity contribution in [1.29, 1.82) is 0 Å². The van der Waals surface area contributed by atoms with Gasteiger partial charge in [0.15, 0.2) is 5.82 Å². The number of hydrogen-bond donors (Lipinski definition) is 2. The number of pyridine rings is 1. The van der Waals surface area contributed by atoms with Crippen LogP contribution in [0.2, 0.25) is 0 Å². The second kappa shape index (κ2) is 5.98. The number of piperidine rings is 1. The van der Waals surface area contributed by atoms with Crippen LogP contribution in [-0.2, 0) is 4.79 Å². The molecule has 2 heterocycles. The third-order valence-electron chi connectivity index (χ3n) is 4.23. The Morgan fingerprint density at radius 3 is 2.64 bits per heavy atom. The molecule has 1 aliphatic rings. The molecule has 1 aromatic heterocycles. The minimum Gasteiger partial charge on any atom is -0.481 e. The Kier molecular flexibility index (Phi) is 4.59. The average Bonchev–Trinajstić information content (AvgIpc) is 2.40. The van der Waals surface area contributed by atoms with Crippen LogP contribution in [0.4, 0.5) is 9.18 Å². The lowest BCUT2D eigenvalue weighted by Gasteiger charge is -2.48. The molecule has 0 saturated carbocycles. The lowest BCUT2D eigenvalue weighted by molar-refractivity contribution is -0.146. The molecule has 120 valence electrons. The highest BCUT2D eigenvalue weighted by Gasteiger charge is 2.51. The maximum Gasteiger partial charge on any atom is 0.407 e. The zero-order chi connectivity index (χ0) is 16.7. The van der Waals surface area contributed by atoms with Gasteiger partial charge in [-0.05, 0) is 48.9 Å². The van der Waals surface area contributed by atoms with Crippen LogP contribution in [0.3, 0.4) is 0 Å². The number of hydrogen-bond acceptors (Lipinski definition) is 3. The van der Waals surface area contributed by atoms with Crippen molar-refractivity contribution in [2.75, 3.05) is 6.54 Å². The molecule has 1 fully saturated rings. The van der Waals surface area contributed by atoms with Gasteiger partial charge >= 0.3 is 12.1 Å². The van der Waals surface area contributed by atoms with Crippen LogP contribution < -0.4 is 0 Å². The molecular weight excluding hydrogens is 406 g/mol. The third kappa shape index (κ3) is 2.75. The van der Waals surface area contributed by atoms with Crippen molar-refractivity contribution in [1.82, 2.24) is 9.88 Å². The summed E-state index contributed by atoms with van der Waals surface area (Å²) in [5.74, 6) is -3.39. The van der Waals surface area contributed by atoms with Crippen LogP contribution >= 0.6 is 22.6 Å². The molecule has 2 unspecified atom stereocenters. The van der Waals surface area contributed by atoms with Crippen LogP contribution in [0.25, 0.3) is 0 Å². The van der Waals surface area contributed by atoms with Gasteiger partial charge in [-0.25, -0.2) is 9.18 Å². The molecule has 0 radical (unpaired) electrons. The molecule has 2 atom stereocenters. The van der Waals surface area contributed by atoms with Crippen molar-refractivity contribution in [3.05, 3.63) is 27.3 Å². The van der Waals surface area contributed by atoms with E-state index in [1.807, 2.05) is 22.6 Å². The zero-order valence-electron chi connectivity index (χ0n) is 12.1. The lowest BCUT2D eigenvalue weighted by Crippen LogP contribution is -2.58.